The lowest BCUT2D eigenvalue weighted by Gasteiger charge is -2.38. The average Bonchev–Trinajstić information content (AvgIpc) is 2.98. The minimum Gasteiger partial charge on any atom is -0.451 e. The monoisotopic (exact) mass is 453 g/mol. The van der Waals surface area contributed by atoms with E-state index in [9.17, 15) is 22.8 Å². The maximum atomic E-state index is 12.4. The number of alkyl halides is 3. The molecule has 3 rings (SSSR count). The van der Waals surface area contributed by atoms with E-state index < -0.39 is 17.3 Å². The van der Waals surface area contributed by atoms with Crippen LogP contribution in [0.1, 0.15) is 70.6 Å². The summed E-state index contributed by atoms with van der Waals surface area (Å²) in [7, 11) is 0. The van der Waals surface area contributed by atoms with E-state index in [1.54, 1.807) is 13.0 Å². The van der Waals surface area contributed by atoms with Crippen molar-refractivity contribution in [1.82, 2.24) is 4.90 Å². The summed E-state index contributed by atoms with van der Waals surface area (Å²) >= 11 is 0. The van der Waals surface area contributed by atoms with Gasteiger partial charge in [-0.3, -0.25) is 4.79 Å². The van der Waals surface area contributed by atoms with Gasteiger partial charge in [0.1, 0.15) is 5.60 Å². The maximum absolute atomic E-state index is 12.4. The Balaban J connectivity index is 0.000000229. The highest BCUT2D eigenvalue weighted by Crippen LogP contribution is 2.41. The average molecular weight is 454 g/mol. The summed E-state index contributed by atoms with van der Waals surface area (Å²) in [5, 5.41) is 0. The molecular formula is C25H34F3NO3. The zero-order valence-electron chi connectivity index (χ0n) is 19.7. The summed E-state index contributed by atoms with van der Waals surface area (Å²) in [5.41, 5.74) is 1.79. The molecule has 2 aliphatic rings. The van der Waals surface area contributed by atoms with Crippen LogP contribution in [-0.4, -0.2) is 41.9 Å². The van der Waals surface area contributed by atoms with E-state index in [1.165, 1.54) is 19.1 Å². The molecule has 0 N–H and O–H groups in total. The van der Waals surface area contributed by atoms with Crippen molar-refractivity contribution in [3.05, 3.63) is 46.0 Å². The van der Waals surface area contributed by atoms with Crippen LogP contribution in [0.4, 0.5) is 13.2 Å². The number of aryl methyl sites for hydroxylation is 2. The molecule has 178 valence electrons. The number of rotatable bonds is 5. The Bertz CT molecular complexity index is 866. The zero-order valence-corrected chi connectivity index (χ0v) is 19.7. The molecule has 0 bridgehead atoms. The number of likely N-dealkylation sites (tertiary alicyclic amines) is 1. The van der Waals surface area contributed by atoms with Crippen LogP contribution in [-0.2, 0) is 33.3 Å². The molecule has 4 nitrogen and oxygen atoms in total. The first-order chi connectivity index (χ1) is 15.0. The number of esters is 1. The van der Waals surface area contributed by atoms with Gasteiger partial charge in [-0.25, -0.2) is 4.79 Å². The number of piperidine rings is 1. The summed E-state index contributed by atoms with van der Waals surface area (Å²) in [6.45, 7) is 12.0. The lowest BCUT2D eigenvalue weighted by atomic mass is 9.81. The summed E-state index contributed by atoms with van der Waals surface area (Å²) in [4.78, 5) is 25.7. The van der Waals surface area contributed by atoms with E-state index in [1.807, 2.05) is 13.8 Å². The zero-order chi connectivity index (χ0) is 24.1. The van der Waals surface area contributed by atoms with Crippen molar-refractivity contribution in [3.63, 3.8) is 0 Å². The van der Waals surface area contributed by atoms with Gasteiger partial charge < -0.3 is 9.64 Å². The lowest BCUT2D eigenvalue weighted by Crippen LogP contribution is -2.46. The van der Waals surface area contributed by atoms with E-state index in [4.69, 9.17) is 4.74 Å². The minimum absolute atomic E-state index is 0.0294. The van der Waals surface area contributed by atoms with Gasteiger partial charge in [0.2, 0.25) is 0 Å². The summed E-state index contributed by atoms with van der Waals surface area (Å²) in [6.07, 6.45) is -0.300. The Kier molecular flexibility index (Phi) is 8.68. The number of ether oxygens (including phenoxy) is 1. The van der Waals surface area contributed by atoms with E-state index in [-0.39, 0.29) is 11.8 Å². The van der Waals surface area contributed by atoms with Crippen LogP contribution in [0.5, 0.6) is 0 Å². The third-order valence-corrected chi connectivity index (χ3v) is 6.32. The second-order valence-electron chi connectivity index (χ2n) is 8.46. The minimum atomic E-state index is -4.23. The molecule has 0 unspecified atom stereocenters. The molecule has 0 saturated carbocycles. The summed E-state index contributed by atoms with van der Waals surface area (Å²) in [5.74, 6) is -0.349. The van der Waals surface area contributed by atoms with E-state index in [2.05, 4.69) is 11.8 Å². The Morgan fingerprint density at radius 2 is 1.75 bits per heavy atom. The molecular weight excluding hydrogens is 419 g/mol. The van der Waals surface area contributed by atoms with Gasteiger partial charge in [-0.05, 0) is 56.5 Å². The Hall–Kier alpha value is -2.15. The van der Waals surface area contributed by atoms with Crippen molar-refractivity contribution in [2.45, 2.75) is 78.5 Å². The maximum Gasteiger partial charge on any atom is 0.416 e. The van der Waals surface area contributed by atoms with Crippen molar-refractivity contribution in [2.75, 3.05) is 19.6 Å². The van der Waals surface area contributed by atoms with Crippen molar-refractivity contribution in [2.24, 2.45) is 0 Å². The highest BCUT2D eigenvalue weighted by atomic mass is 19.4. The van der Waals surface area contributed by atoms with Gasteiger partial charge in [-0.1, -0.05) is 33.3 Å². The number of Topliss-reactive ketones (excluding diaryl/α,β-unsaturated/α-hetero) is 1. The second kappa shape index (κ2) is 10.6. The van der Waals surface area contributed by atoms with Crippen LogP contribution in [0.3, 0.4) is 0 Å². The van der Waals surface area contributed by atoms with Crippen LogP contribution in [0.15, 0.2) is 29.3 Å². The summed E-state index contributed by atoms with van der Waals surface area (Å²) in [6, 6.07) is 4.04. The molecule has 1 fully saturated rings. The van der Waals surface area contributed by atoms with Crippen molar-refractivity contribution >= 4 is 11.8 Å². The molecule has 0 atom stereocenters. The smallest absolute Gasteiger partial charge is 0.416 e. The second-order valence-corrected chi connectivity index (χ2v) is 8.46. The summed E-state index contributed by atoms with van der Waals surface area (Å²) < 4.78 is 42.8. The normalized spacial score (nSPS) is 18.4. The number of hydrogen-bond donors (Lipinski definition) is 0. The fraction of sp³-hybridized carbons (Fsp3) is 0.600. The number of halogens is 3. The quantitative estimate of drug-likeness (QED) is 0.551. The fourth-order valence-electron chi connectivity index (χ4n) is 4.56. The fourth-order valence-corrected chi connectivity index (χ4v) is 4.56. The predicted octanol–water partition coefficient (Wildman–Crippen LogP) is 5.52. The molecule has 0 aliphatic carbocycles. The van der Waals surface area contributed by atoms with Crippen molar-refractivity contribution in [3.8, 4) is 0 Å². The van der Waals surface area contributed by atoms with Gasteiger partial charge in [-0.2, -0.15) is 13.2 Å². The molecule has 1 spiro atoms. The number of ketones is 1. The highest BCUT2D eigenvalue weighted by Gasteiger charge is 2.49. The molecule has 0 aromatic heterocycles. The van der Waals surface area contributed by atoms with Gasteiger partial charge in [0.15, 0.2) is 5.78 Å². The van der Waals surface area contributed by atoms with Crippen LogP contribution in [0, 0.1) is 0 Å². The molecule has 32 heavy (non-hydrogen) atoms. The van der Waals surface area contributed by atoms with E-state index in [0.717, 1.165) is 56.4 Å². The first-order valence-electron chi connectivity index (χ1n) is 11.4. The topological polar surface area (TPSA) is 46.6 Å². The number of carbonyl (C=O) groups excluding carboxylic acids is 2. The number of nitrogens with zero attached hydrogens (tertiary/aromatic N) is 1. The van der Waals surface area contributed by atoms with Gasteiger partial charge >= 0.3 is 12.1 Å². The van der Waals surface area contributed by atoms with E-state index in [0.29, 0.717) is 17.6 Å². The predicted molar refractivity (Wildman–Crippen MR) is 118 cm³/mol. The molecule has 2 aliphatic heterocycles. The first-order valence-corrected chi connectivity index (χ1v) is 11.4. The molecule has 1 saturated heterocycles. The highest BCUT2D eigenvalue weighted by molar-refractivity contribution is 6.07. The van der Waals surface area contributed by atoms with E-state index >= 15 is 0 Å². The van der Waals surface area contributed by atoms with Crippen LogP contribution < -0.4 is 0 Å². The third-order valence-electron chi connectivity index (χ3n) is 6.32. The molecule has 0 radical (unpaired) electrons. The van der Waals surface area contributed by atoms with Crippen molar-refractivity contribution < 1.29 is 27.5 Å². The SMILES string of the molecule is CCCc1ccc(C(F)(F)F)cc1CC.CCN1CCC2(CC1)OC(=O)C(C)=C2C(C)=O. The van der Waals surface area contributed by atoms with Gasteiger partial charge in [-0.15, -0.1) is 0 Å². The molecule has 2 heterocycles. The van der Waals surface area contributed by atoms with Gasteiger partial charge in [0.05, 0.1) is 5.56 Å². The molecule has 7 heteroatoms. The molecule has 1 aromatic rings. The third kappa shape index (κ3) is 5.80. The number of hydrogen-bond acceptors (Lipinski definition) is 4. The number of benzene rings is 1. The molecule has 0 amide bonds. The Morgan fingerprint density at radius 3 is 2.22 bits per heavy atom. The van der Waals surface area contributed by atoms with Crippen LogP contribution in [0.25, 0.3) is 0 Å². The van der Waals surface area contributed by atoms with Gasteiger partial charge in [0.25, 0.3) is 0 Å². The Labute approximate surface area is 188 Å². The number of carbonyl (C=O) groups is 2. The van der Waals surface area contributed by atoms with Gasteiger partial charge in [0, 0.05) is 37.1 Å². The Morgan fingerprint density at radius 1 is 1.12 bits per heavy atom. The lowest BCUT2D eigenvalue weighted by molar-refractivity contribution is -0.150. The standard InChI is InChI=1S/C13H19NO3.C12H15F3/c1-4-14-7-5-13(6-8-14)11(10(3)15)9(2)12(16)17-13;1-3-5-10-6-7-11(12(13,14)15)8-9(10)4-2/h4-8H2,1-3H3;6-8H,3-5H2,1-2H3. The van der Waals surface area contributed by atoms with Crippen molar-refractivity contribution in [1.29, 1.82) is 0 Å². The van der Waals surface area contributed by atoms with Crippen LogP contribution >= 0.6 is 0 Å². The first kappa shape index (κ1) is 26.1. The largest absolute Gasteiger partial charge is 0.451 e. The molecule has 1 aromatic carbocycles. The van der Waals surface area contributed by atoms with Crippen LogP contribution in [0.2, 0.25) is 0 Å².